The lowest BCUT2D eigenvalue weighted by Gasteiger charge is -2.52. The summed E-state index contributed by atoms with van der Waals surface area (Å²) in [5, 5.41) is 19.5. The molecular weight excluding hydrogens is 172 g/mol. The van der Waals surface area contributed by atoms with Crippen LogP contribution in [0.25, 0.3) is 0 Å². The maximum atomic E-state index is 10.1. The number of hydrogen-bond acceptors (Lipinski definition) is 4. The summed E-state index contributed by atoms with van der Waals surface area (Å²) >= 11 is 0. The maximum Gasteiger partial charge on any atom is 0.119 e. The molecule has 0 atom stereocenters. The maximum absolute atomic E-state index is 10.1. The monoisotopic (exact) mass is 188 g/mol. The molecule has 0 aromatic heterocycles. The van der Waals surface area contributed by atoms with Crippen LogP contribution in [0.5, 0.6) is 0 Å². The van der Waals surface area contributed by atoms with Crippen LogP contribution in [0.15, 0.2) is 0 Å². The van der Waals surface area contributed by atoms with E-state index in [2.05, 4.69) is 0 Å². The Kier molecular flexibility index (Phi) is 2.32. The van der Waals surface area contributed by atoms with Gasteiger partial charge in [-0.15, -0.1) is 0 Å². The fraction of sp³-hybridized carbons (Fsp3) is 1.00. The highest BCUT2D eigenvalue weighted by Gasteiger charge is 2.55. The lowest BCUT2D eigenvalue weighted by Crippen LogP contribution is -2.64. The quantitative estimate of drug-likeness (QED) is 0.615. The molecule has 76 valence electrons. The van der Waals surface area contributed by atoms with E-state index < -0.39 is 5.60 Å². The van der Waals surface area contributed by atoms with Gasteiger partial charge < -0.3 is 19.7 Å². The molecule has 2 fully saturated rings. The van der Waals surface area contributed by atoms with Crippen LogP contribution in [-0.2, 0) is 9.47 Å². The molecule has 2 rings (SSSR count). The topological polar surface area (TPSA) is 58.9 Å². The fourth-order valence-corrected chi connectivity index (χ4v) is 2.13. The minimum Gasteiger partial charge on any atom is -0.396 e. The number of ether oxygens (including phenoxy) is 2. The highest BCUT2D eigenvalue weighted by Crippen LogP contribution is 2.44. The van der Waals surface area contributed by atoms with Crippen LogP contribution >= 0.6 is 0 Å². The molecule has 0 amide bonds. The van der Waals surface area contributed by atoms with Crippen LogP contribution in [0.1, 0.15) is 12.8 Å². The number of rotatable bonds is 2. The SMILES string of the molecule is OCC1(C2(O)COC2)CCOCC1. The molecule has 2 heterocycles. The fourth-order valence-electron chi connectivity index (χ4n) is 2.13. The lowest BCUT2D eigenvalue weighted by molar-refractivity contribution is -0.265. The van der Waals surface area contributed by atoms with Crippen molar-refractivity contribution >= 4 is 0 Å². The first-order valence-electron chi connectivity index (χ1n) is 4.71. The second-order valence-electron chi connectivity index (χ2n) is 4.08. The van der Waals surface area contributed by atoms with Crippen molar-refractivity contribution in [2.24, 2.45) is 5.41 Å². The summed E-state index contributed by atoms with van der Waals surface area (Å²) < 4.78 is 10.2. The first kappa shape index (κ1) is 9.40. The third kappa shape index (κ3) is 1.29. The molecule has 0 aromatic carbocycles. The Hall–Kier alpha value is -0.160. The Balaban J connectivity index is 2.12. The average Bonchev–Trinajstić information content (AvgIpc) is 2.15. The van der Waals surface area contributed by atoms with Gasteiger partial charge in [-0.05, 0) is 12.8 Å². The van der Waals surface area contributed by atoms with Crippen LogP contribution in [0, 0.1) is 5.41 Å². The van der Waals surface area contributed by atoms with Gasteiger partial charge in [0.2, 0.25) is 0 Å². The molecule has 0 aromatic rings. The predicted molar refractivity (Wildman–Crippen MR) is 45.3 cm³/mol. The lowest BCUT2D eigenvalue weighted by atomic mass is 9.66. The van der Waals surface area contributed by atoms with Crippen molar-refractivity contribution in [3.63, 3.8) is 0 Å². The summed E-state index contributed by atoms with van der Waals surface area (Å²) in [5.74, 6) is 0. The molecule has 0 spiro atoms. The van der Waals surface area contributed by atoms with Gasteiger partial charge in [0.1, 0.15) is 5.60 Å². The number of aliphatic hydroxyl groups is 2. The zero-order valence-corrected chi connectivity index (χ0v) is 7.66. The molecule has 13 heavy (non-hydrogen) atoms. The zero-order chi connectivity index (χ0) is 9.36. The normalized spacial score (nSPS) is 30.9. The summed E-state index contributed by atoms with van der Waals surface area (Å²) in [6, 6.07) is 0. The minimum atomic E-state index is -0.814. The van der Waals surface area contributed by atoms with E-state index in [0.29, 0.717) is 26.4 Å². The third-order valence-corrected chi connectivity index (χ3v) is 3.42. The van der Waals surface area contributed by atoms with E-state index >= 15 is 0 Å². The van der Waals surface area contributed by atoms with Crippen molar-refractivity contribution in [2.75, 3.05) is 33.0 Å². The molecular formula is C9H16O4. The molecule has 4 nitrogen and oxygen atoms in total. The van der Waals surface area contributed by atoms with E-state index in [1.165, 1.54) is 0 Å². The minimum absolute atomic E-state index is 0.0240. The molecule has 0 unspecified atom stereocenters. The van der Waals surface area contributed by atoms with E-state index in [1.807, 2.05) is 0 Å². The molecule has 0 aliphatic carbocycles. The third-order valence-electron chi connectivity index (χ3n) is 3.42. The largest absolute Gasteiger partial charge is 0.396 e. The van der Waals surface area contributed by atoms with Gasteiger partial charge in [-0.25, -0.2) is 0 Å². The Morgan fingerprint density at radius 1 is 1.08 bits per heavy atom. The Bertz CT molecular complexity index is 182. The molecule has 0 saturated carbocycles. The Morgan fingerprint density at radius 2 is 1.69 bits per heavy atom. The van der Waals surface area contributed by atoms with Gasteiger partial charge in [-0.1, -0.05) is 0 Å². The van der Waals surface area contributed by atoms with Crippen molar-refractivity contribution in [1.29, 1.82) is 0 Å². The second kappa shape index (κ2) is 3.20. The standard InChI is InChI=1S/C9H16O4/c10-5-8(1-3-12-4-2-8)9(11)6-13-7-9/h10-11H,1-7H2. The first-order valence-corrected chi connectivity index (χ1v) is 4.71. The van der Waals surface area contributed by atoms with Crippen LogP contribution in [0.2, 0.25) is 0 Å². The van der Waals surface area contributed by atoms with Gasteiger partial charge in [-0.2, -0.15) is 0 Å². The highest BCUT2D eigenvalue weighted by atomic mass is 16.5. The van der Waals surface area contributed by atoms with E-state index in [9.17, 15) is 10.2 Å². The predicted octanol–water partition coefficient (Wildman–Crippen LogP) is -0.463. The van der Waals surface area contributed by atoms with Crippen molar-refractivity contribution < 1.29 is 19.7 Å². The van der Waals surface area contributed by atoms with Gasteiger partial charge >= 0.3 is 0 Å². The van der Waals surface area contributed by atoms with Crippen molar-refractivity contribution in [3.05, 3.63) is 0 Å². The molecule has 2 aliphatic heterocycles. The van der Waals surface area contributed by atoms with Crippen molar-refractivity contribution in [1.82, 2.24) is 0 Å². The number of hydrogen-bond donors (Lipinski definition) is 2. The van der Waals surface area contributed by atoms with Gasteiger partial charge in [-0.3, -0.25) is 0 Å². The van der Waals surface area contributed by atoms with Crippen LogP contribution < -0.4 is 0 Å². The first-order chi connectivity index (χ1) is 6.22. The second-order valence-corrected chi connectivity index (χ2v) is 4.08. The van der Waals surface area contributed by atoms with Crippen LogP contribution in [-0.4, -0.2) is 48.8 Å². The summed E-state index contributed by atoms with van der Waals surface area (Å²) in [6.45, 7) is 1.99. The molecule has 2 saturated heterocycles. The van der Waals surface area contributed by atoms with Gasteiger partial charge in [0.15, 0.2) is 0 Å². The summed E-state index contributed by atoms with van der Waals surface area (Å²) in [6.07, 6.45) is 1.45. The van der Waals surface area contributed by atoms with Crippen molar-refractivity contribution in [2.45, 2.75) is 18.4 Å². The van der Waals surface area contributed by atoms with E-state index in [4.69, 9.17) is 9.47 Å². The molecule has 2 aliphatic rings. The Labute approximate surface area is 77.5 Å². The Morgan fingerprint density at radius 3 is 2.08 bits per heavy atom. The van der Waals surface area contributed by atoms with E-state index in [1.54, 1.807) is 0 Å². The molecule has 0 bridgehead atoms. The smallest absolute Gasteiger partial charge is 0.119 e. The molecule has 0 radical (unpaired) electrons. The van der Waals surface area contributed by atoms with E-state index in [-0.39, 0.29) is 12.0 Å². The van der Waals surface area contributed by atoms with Gasteiger partial charge in [0.25, 0.3) is 0 Å². The summed E-state index contributed by atoms with van der Waals surface area (Å²) in [4.78, 5) is 0. The average molecular weight is 188 g/mol. The summed E-state index contributed by atoms with van der Waals surface area (Å²) in [5.41, 5.74) is -1.20. The molecule has 4 heteroatoms. The van der Waals surface area contributed by atoms with Crippen LogP contribution in [0.4, 0.5) is 0 Å². The number of aliphatic hydroxyl groups excluding tert-OH is 1. The van der Waals surface area contributed by atoms with Crippen molar-refractivity contribution in [3.8, 4) is 0 Å². The van der Waals surface area contributed by atoms with Gasteiger partial charge in [0.05, 0.1) is 19.8 Å². The zero-order valence-electron chi connectivity index (χ0n) is 7.66. The summed E-state index contributed by atoms with van der Waals surface area (Å²) in [7, 11) is 0. The molecule has 2 N–H and O–H groups in total. The van der Waals surface area contributed by atoms with E-state index in [0.717, 1.165) is 12.8 Å². The van der Waals surface area contributed by atoms with Crippen LogP contribution in [0.3, 0.4) is 0 Å². The highest BCUT2D eigenvalue weighted by molar-refractivity contribution is 5.03. The van der Waals surface area contributed by atoms with Gasteiger partial charge in [0, 0.05) is 18.6 Å².